The molecular formula is C11H17N3O2. The smallest absolute Gasteiger partial charge is 0.245 e. The normalized spacial score (nSPS) is 28.9. The minimum atomic E-state index is -0.921. The van der Waals surface area contributed by atoms with Crippen molar-refractivity contribution in [2.24, 2.45) is 5.41 Å². The first-order chi connectivity index (χ1) is 7.66. The number of rotatable bonds is 2. The van der Waals surface area contributed by atoms with Crippen molar-refractivity contribution in [1.82, 2.24) is 10.2 Å². The molecule has 1 unspecified atom stereocenters. The van der Waals surface area contributed by atoms with Crippen molar-refractivity contribution in [3.05, 3.63) is 0 Å². The van der Waals surface area contributed by atoms with Gasteiger partial charge in [0.2, 0.25) is 5.91 Å². The summed E-state index contributed by atoms with van der Waals surface area (Å²) in [4.78, 5) is 14.1. The lowest BCUT2D eigenvalue weighted by molar-refractivity contribution is -0.151. The molecule has 1 atom stereocenters. The number of nitriles is 1. The van der Waals surface area contributed by atoms with Gasteiger partial charge < -0.3 is 15.0 Å². The average molecular weight is 223 g/mol. The molecule has 1 N–H and O–H groups in total. The molecule has 2 rings (SSSR count). The average Bonchev–Trinajstić information content (AvgIpc) is 2.16. The van der Waals surface area contributed by atoms with Gasteiger partial charge in [0.15, 0.2) is 5.41 Å². The van der Waals surface area contributed by atoms with Crippen LogP contribution in [0.5, 0.6) is 0 Å². The van der Waals surface area contributed by atoms with E-state index >= 15 is 0 Å². The molecule has 0 aromatic rings. The number of ether oxygens (including phenoxy) is 1. The van der Waals surface area contributed by atoms with Crippen LogP contribution in [-0.4, -0.2) is 50.2 Å². The summed E-state index contributed by atoms with van der Waals surface area (Å²) in [5.41, 5.74) is -0.921. The van der Waals surface area contributed by atoms with E-state index in [1.165, 1.54) is 0 Å². The molecule has 0 bridgehead atoms. The Morgan fingerprint density at radius 1 is 1.62 bits per heavy atom. The highest BCUT2D eigenvalue weighted by Gasteiger charge is 2.47. The third kappa shape index (κ3) is 2.04. The summed E-state index contributed by atoms with van der Waals surface area (Å²) in [6, 6.07) is 2.24. The summed E-state index contributed by atoms with van der Waals surface area (Å²) in [6.45, 7) is 2.42. The number of likely N-dealkylation sites (N-methyl/N-ethyl adjacent to an activating group) is 1. The molecule has 2 aliphatic rings. The third-order valence-electron chi connectivity index (χ3n) is 3.31. The van der Waals surface area contributed by atoms with Crippen LogP contribution in [0.25, 0.3) is 0 Å². The van der Waals surface area contributed by atoms with Crippen LogP contribution in [0.3, 0.4) is 0 Å². The number of hydrogen-bond donors (Lipinski definition) is 1. The summed E-state index contributed by atoms with van der Waals surface area (Å²) < 4.78 is 4.97. The Kier molecular flexibility index (Phi) is 3.13. The number of carbonyl (C=O) groups excluding carboxylic acids is 1. The van der Waals surface area contributed by atoms with Crippen LogP contribution in [0, 0.1) is 16.7 Å². The largest absolute Gasteiger partial charge is 0.377 e. The van der Waals surface area contributed by atoms with Crippen LogP contribution in [0.15, 0.2) is 0 Å². The van der Waals surface area contributed by atoms with Gasteiger partial charge in [-0.3, -0.25) is 4.79 Å². The Balaban J connectivity index is 1.89. The van der Waals surface area contributed by atoms with E-state index in [9.17, 15) is 4.79 Å². The molecule has 0 saturated carbocycles. The molecule has 2 aliphatic heterocycles. The fourth-order valence-electron chi connectivity index (χ4n) is 2.16. The molecule has 5 nitrogen and oxygen atoms in total. The Bertz CT molecular complexity index is 320. The fraction of sp³-hybridized carbons (Fsp3) is 0.818. The molecule has 0 aromatic heterocycles. The van der Waals surface area contributed by atoms with Crippen molar-refractivity contribution >= 4 is 5.91 Å². The van der Waals surface area contributed by atoms with Gasteiger partial charge in [-0.25, -0.2) is 0 Å². The van der Waals surface area contributed by atoms with E-state index in [4.69, 9.17) is 10.00 Å². The first-order valence-electron chi connectivity index (χ1n) is 5.65. The molecule has 88 valence electrons. The third-order valence-corrected chi connectivity index (χ3v) is 3.31. The standard InChI is InChI=1S/C11H17N3O2/c1-14-4-2-3-9(5-14)13-10(15)11(6-12)7-16-8-11/h9H,2-5,7-8H2,1H3,(H,13,15). The number of amides is 1. The van der Waals surface area contributed by atoms with E-state index in [1.54, 1.807) is 0 Å². The highest BCUT2D eigenvalue weighted by Crippen LogP contribution is 2.27. The van der Waals surface area contributed by atoms with Crippen LogP contribution < -0.4 is 5.32 Å². The molecule has 0 aliphatic carbocycles. The number of piperidine rings is 1. The molecular weight excluding hydrogens is 206 g/mol. The quantitative estimate of drug-likeness (QED) is 0.700. The Labute approximate surface area is 95.4 Å². The molecule has 1 amide bonds. The number of likely N-dealkylation sites (tertiary alicyclic amines) is 1. The number of nitrogens with one attached hydrogen (secondary N) is 1. The molecule has 16 heavy (non-hydrogen) atoms. The van der Waals surface area contributed by atoms with Crippen molar-refractivity contribution in [3.63, 3.8) is 0 Å². The van der Waals surface area contributed by atoms with Gasteiger partial charge in [-0.05, 0) is 26.4 Å². The number of hydrogen-bond acceptors (Lipinski definition) is 4. The van der Waals surface area contributed by atoms with Crippen LogP contribution >= 0.6 is 0 Å². The monoisotopic (exact) mass is 223 g/mol. The van der Waals surface area contributed by atoms with Crippen molar-refractivity contribution in [1.29, 1.82) is 5.26 Å². The van der Waals surface area contributed by atoms with Gasteiger partial charge in [-0.15, -0.1) is 0 Å². The van der Waals surface area contributed by atoms with Gasteiger partial charge >= 0.3 is 0 Å². The maximum Gasteiger partial charge on any atom is 0.245 e. The molecule has 2 heterocycles. The lowest BCUT2D eigenvalue weighted by Crippen LogP contribution is -2.57. The summed E-state index contributed by atoms with van der Waals surface area (Å²) in [5, 5.41) is 11.9. The van der Waals surface area contributed by atoms with Gasteiger partial charge in [0, 0.05) is 12.6 Å². The SMILES string of the molecule is CN1CCCC(NC(=O)C2(C#N)COC2)C1. The second-order valence-corrected chi connectivity index (χ2v) is 4.76. The Hall–Kier alpha value is -1.12. The highest BCUT2D eigenvalue weighted by atomic mass is 16.5. The topological polar surface area (TPSA) is 65.4 Å². The van der Waals surface area contributed by atoms with Crippen LogP contribution in [0.2, 0.25) is 0 Å². The lowest BCUT2D eigenvalue weighted by atomic mass is 9.86. The number of nitrogens with zero attached hydrogens (tertiary/aromatic N) is 2. The fourth-order valence-corrected chi connectivity index (χ4v) is 2.16. The maximum atomic E-state index is 11.9. The van der Waals surface area contributed by atoms with Crippen LogP contribution in [0.4, 0.5) is 0 Å². The number of carbonyl (C=O) groups is 1. The van der Waals surface area contributed by atoms with Gasteiger partial charge in [0.1, 0.15) is 0 Å². The maximum absolute atomic E-state index is 11.9. The van der Waals surface area contributed by atoms with Crippen LogP contribution in [0.1, 0.15) is 12.8 Å². The summed E-state index contributed by atoms with van der Waals surface area (Å²) in [7, 11) is 2.05. The zero-order valence-electron chi connectivity index (χ0n) is 9.53. The lowest BCUT2D eigenvalue weighted by Gasteiger charge is -2.36. The zero-order chi connectivity index (χ0) is 11.6. The van der Waals surface area contributed by atoms with E-state index in [0.717, 1.165) is 25.9 Å². The summed E-state index contributed by atoms with van der Waals surface area (Å²) in [5.74, 6) is -0.165. The van der Waals surface area contributed by atoms with E-state index in [-0.39, 0.29) is 25.2 Å². The van der Waals surface area contributed by atoms with Crippen molar-refractivity contribution in [3.8, 4) is 6.07 Å². The molecule has 0 spiro atoms. The van der Waals surface area contributed by atoms with E-state index in [1.807, 2.05) is 7.05 Å². The first-order valence-corrected chi connectivity index (χ1v) is 5.65. The molecule has 0 radical (unpaired) electrons. The molecule has 0 aromatic carbocycles. The summed E-state index contributed by atoms with van der Waals surface area (Å²) >= 11 is 0. The van der Waals surface area contributed by atoms with Crippen LogP contribution in [-0.2, 0) is 9.53 Å². The van der Waals surface area contributed by atoms with Crippen molar-refractivity contribution in [2.45, 2.75) is 18.9 Å². The van der Waals surface area contributed by atoms with Gasteiger partial charge in [-0.2, -0.15) is 5.26 Å². The van der Waals surface area contributed by atoms with Gasteiger partial charge in [0.25, 0.3) is 0 Å². The molecule has 5 heteroatoms. The Morgan fingerprint density at radius 3 is 2.88 bits per heavy atom. The van der Waals surface area contributed by atoms with E-state index in [0.29, 0.717) is 0 Å². The zero-order valence-corrected chi connectivity index (χ0v) is 9.53. The van der Waals surface area contributed by atoms with Gasteiger partial charge in [-0.1, -0.05) is 0 Å². The molecule has 2 fully saturated rings. The molecule has 2 saturated heterocycles. The minimum absolute atomic E-state index is 0.165. The predicted octanol–water partition coefficient (Wildman–Crippen LogP) is -0.263. The van der Waals surface area contributed by atoms with Crippen molar-refractivity contribution in [2.75, 3.05) is 33.4 Å². The highest BCUT2D eigenvalue weighted by molar-refractivity contribution is 5.86. The van der Waals surface area contributed by atoms with E-state index < -0.39 is 5.41 Å². The van der Waals surface area contributed by atoms with Gasteiger partial charge in [0.05, 0.1) is 19.3 Å². The van der Waals surface area contributed by atoms with E-state index in [2.05, 4.69) is 16.3 Å². The second-order valence-electron chi connectivity index (χ2n) is 4.76. The predicted molar refractivity (Wildman–Crippen MR) is 57.5 cm³/mol. The summed E-state index contributed by atoms with van der Waals surface area (Å²) in [6.07, 6.45) is 2.09. The Morgan fingerprint density at radius 2 is 2.38 bits per heavy atom. The van der Waals surface area contributed by atoms with Crippen molar-refractivity contribution < 1.29 is 9.53 Å². The first kappa shape index (κ1) is 11.4. The second kappa shape index (κ2) is 4.40. The minimum Gasteiger partial charge on any atom is -0.377 e.